The molecule has 1 atom stereocenters. The van der Waals surface area contributed by atoms with Crippen LogP contribution in [0.2, 0.25) is 0 Å². The van der Waals surface area contributed by atoms with Crippen LogP contribution in [0, 0.1) is 11.3 Å². The zero-order valence-electron chi connectivity index (χ0n) is 11.8. The summed E-state index contributed by atoms with van der Waals surface area (Å²) in [6.45, 7) is 1.72. The molecule has 1 aromatic carbocycles. The Labute approximate surface area is 122 Å². The first-order valence-electron chi connectivity index (χ1n) is 6.38. The van der Waals surface area contributed by atoms with Gasteiger partial charge in [-0.05, 0) is 31.2 Å². The average molecular weight is 284 g/mol. The zero-order chi connectivity index (χ0) is 15.4. The Morgan fingerprint density at radius 2 is 2.24 bits per heavy atom. The number of anilines is 2. The van der Waals surface area contributed by atoms with Gasteiger partial charge < -0.3 is 20.4 Å². The standard InChI is InChI=1S/C15H16N4O2/c1-10(19-7-3-4-12(19)9-16)15(20)18-13-6-5-11(17)8-14(13)21-2/h3-8,10H,17H2,1-2H3,(H,18,20). The second-order valence-electron chi connectivity index (χ2n) is 4.54. The molecule has 108 valence electrons. The van der Waals surface area contributed by atoms with Gasteiger partial charge in [-0.15, -0.1) is 0 Å². The number of benzene rings is 1. The van der Waals surface area contributed by atoms with Gasteiger partial charge in [0.25, 0.3) is 0 Å². The number of methoxy groups -OCH3 is 1. The largest absolute Gasteiger partial charge is 0.494 e. The van der Waals surface area contributed by atoms with Crippen LogP contribution in [-0.2, 0) is 4.79 Å². The molecule has 3 N–H and O–H groups in total. The van der Waals surface area contributed by atoms with Crippen LogP contribution in [0.1, 0.15) is 18.7 Å². The fourth-order valence-electron chi connectivity index (χ4n) is 2.00. The molecule has 21 heavy (non-hydrogen) atoms. The van der Waals surface area contributed by atoms with E-state index in [0.717, 1.165) is 0 Å². The number of nitrogen functional groups attached to an aromatic ring is 1. The van der Waals surface area contributed by atoms with Crippen molar-refractivity contribution in [2.45, 2.75) is 13.0 Å². The van der Waals surface area contributed by atoms with Crippen LogP contribution in [0.3, 0.4) is 0 Å². The number of hydrogen-bond acceptors (Lipinski definition) is 4. The maximum absolute atomic E-state index is 12.3. The Morgan fingerprint density at radius 3 is 2.90 bits per heavy atom. The zero-order valence-corrected chi connectivity index (χ0v) is 11.8. The number of nitrogens with two attached hydrogens (primary N) is 1. The minimum Gasteiger partial charge on any atom is -0.494 e. The fourth-order valence-corrected chi connectivity index (χ4v) is 2.00. The SMILES string of the molecule is COc1cc(N)ccc1NC(=O)C(C)n1cccc1C#N. The van der Waals surface area contributed by atoms with Crippen LogP contribution in [0.5, 0.6) is 5.75 Å². The first-order chi connectivity index (χ1) is 10.1. The summed E-state index contributed by atoms with van der Waals surface area (Å²) >= 11 is 0. The summed E-state index contributed by atoms with van der Waals surface area (Å²) in [7, 11) is 1.51. The smallest absolute Gasteiger partial charge is 0.247 e. The van der Waals surface area contributed by atoms with E-state index in [-0.39, 0.29) is 5.91 Å². The Balaban J connectivity index is 2.20. The number of carbonyl (C=O) groups excluding carboxylic acids is 1. The number of nitriles is 1. The number of amides is 1. The summed E-state index contributed by atoms with van der Waals surface area (Å²) in [6.07, 6.45) is 1.70. The van der Waals surface area contributed by atoms with Crippen molar-refractivity contribution in [3.63, 3.8) is 0 Å². The Morgan fingerprint density at radius 1 is 1.48 bits per heavy atom. The molecule has 1 aromatic heterocycles. The van der Waals surface area contributed by atoms with Crippen molar-refractivity contribution < 1.29 is 9.53 Å². The van der Waals surface area contributed by atoms with Crippen molar-refractivity contribution in [2.75, 3.05) is 18.2 Å². The van der Waals surface area contributed by atoms with Gasteiger partial charge in [0.15, 0.2) is 0 Å². The summed E-state index contributed by atoms with van der Waals surface area (Å²) in [5, 5.41) is 11.8. The molecule has 0 radical (unpaired) electrons. The highest BCUT2D eigenvalue weighted by Crippen LogP contribution is 2.27. The number of ether oxygens (including phenoxy) is 1. The molecule has 0 saturated carbocycles. The van der Waals surface area contributed by atoms with Crippen LogP contribution in [0.4, 0.5) is 11.4 Å². The molecule has 1 amide bonds. The van der Waals surface area contributed by atoms with Gasteiger partial charge in [-0.1, -0.05) is 0 Å². The highest BCUT2D eigenvalue weighted by molar-refractivity contribution is 5.95. The van der Waals surface area contributed by atoms with E-state index >= 15 is 0 Å². The Hall–Kier alpha value is -2.94. The first-order valence-corrected chi connectivity index (χ1v) is 6.38. The number of nitrogens with zero attached hydrogens (tertiary/aromatic N) is 2. The summed E-state index contributed by atoms with van der Waals surface area (Å²) in [5.41, 5.74) is 7.20. The van der Waals surface area contributed by atoms with Gasteiger partial charge in [0.2, 0.25) is 5.91 Å². The van der Waals surface area contributed by atoms with Crippen molar-refractivity contribution in [3.8, 4) is 11.8 Å². The highest BCUT2D eigenvalue weighted by atomic mass is 16.5. The second kappa shape index (κ2) is 6.01. The van der Waals surface area contributed by atoms with Gasteiger partial charge in [0.05, 0.1) is 12.8 Å². The molecule has 0 fully saturated rings. The highest BCUT2D eigenvalue weighted by Gasteiger charge is 2.18. The number of carbonyl (C=O) groups is 1. The number of aromatic nitrogens is 1. The molecule has 0 spiro atoms. The predicted molar refractivity (Wildman–Crippen MR) is 79.9 cm³/mol. The molecule has 0 bridgehead atoms. The topological polar surface area (TPSA) is 93.1 Å². The normalized spacial score (nSPS) is 11.5. The minimum absolute atomic E-state index is 0.245. The van der Waals surface area contributed by atoms with Crippen molar-refractivity contribution in [2.24, 2.45) is 0 Å². The van der Waals surface area contributed by atoms with Crippen LogP contribution >= 0.6 is 0 Å². The van der Waals surface area contributed by atoms with E-state index in [2.05, 4.69) is 5.32 Å². The molecule has 2 rings (SSSR count). The monoisotopic (exact) mass is 284 g/mol. The Kier molecular flexibility index (Phi) is 4.14. The van der Waals surface area contributed by atoms with E-state index in [1.54, 1.807) is 48.0 Å². The third kappa shape index (κ3) is 2.98. The predicted octanol–water partition coefficient (Wildman–Crippen LogP) is 2.15. The van der Waals surface area contributed by atoms with Crippen LogP contribution in [0.25, 0.3) is 0 Å². The molecular formula is C15H16N4O2. The second-order valence-corrected chi connectivity index (χ2v) is 4.54. The van der Waals surface area contributed by atoms with Gasteiger partial charge >= 0.3 is 0 Å². The summed E-state index contributed by atoms with van der Waals surface area (Å²) < 4.78 is 6.80. The lowest BCUT2D eigenvalue weighted by atomic mass is 10.2. The number of hydrogen-bond donors (Lipinski definition) is 2. The van der Waals surface area contributed by atoms with Crippen molar-refractivity contribution >= 4 is 17.3 Å². The molecular weight excluding hydrogens is 268 g/mol. The maximum atomic E-state index is 12.3. The minimum atomic E-state index is -0.517. The lowest BCUT2D eigenvalue weighted by Crippen LogP contribution is -2.24. The van der Waals surface area contributed by atoms with Crippen molar-refractivity contribution in [3.05, 3.63) is 42.2 Å². The van der Waals surface area contributed by atoms with E-state index in [9.17, 15) is 4.79 Å². The van der Waals surface area contributed by atoms with Crippen LogP contribution in [-0.4, -0.2) is 17.6 Å². The molecule has 2 aromatic rings. The number of nitrogens with one attached hydrogen (secondary N) is 1. The van der Waals surface area contributed by atoms with Gasteiger partial charge in [-0.25, -0.2) is 0 Å². The molecule has 0 aliphatic carbocycles. The van der Waals surface area contributed by atoms with E-state index in [4.69, 9.17) is 15.7 Å². The lowest BCUT2D eigenvalue weighted by Gasteiger charge is -2.16. The van der Waals surface area contributed by atoms with Crippen molar-refractivity contribution in [1.82, 2.24) is 4.57 Å². The molecule has 0 saturated heterocycles. The maximum Gasteiger partial charge on any atom is 0.247 e. The fraction of sp³-hybridized carbons (Fsp3) is 0.200. The van der Waals surface area contributed by atoms with Gasteiger partial charge in [-0.3, -0.25) is 4.79 Å². The molecule has 0 aliphatic heterocycles. The van der Waals surface area contributed by atoms with Crippen LogP contribution in [0.15, 0.2) is 36.5 Å². The van der Waals surface area contributed by atoms with Gasteiger partial charge in [0.1, 0.15) is 23.6 Å². The molecule has 6 heteroatoms. The molecule has 1 heterocycles. The number of rotatable bonds is 4. The average Bonchev–Trinajstić information content (AvgIpc) is 2.96. The Bertz CT molecular complexity index is 700. The van der Waals surface area contributed by atoms with Crippen LogP contribution < -0.4 is 15.8 Å². The van der Waals surface area contributed by atoms with Crippen molar-refractivity contribution in [1.29, 1.82) is 5.26 Å². The van der Waals surface area contributed by atoms with Gasteiger partial charge in [0, 0.05) is 18.0 Å². The van der Waals surface area contributed by atoms with E-state index in [1.807, 2.05) is 6.07 Å². The van der Waals surface area contributed by atoms with E-state index in [1.165, 1.54) is 7.11 Å². The first kappa shape index (κ1) is 14.5. The third-order valence-corrected chi connectivity index (χ3v) is 3.17. The quantitative estimate of drug-likeness (QED) is 0.841. The van der Waals surface area contributed by atoms with Gasteiger partial charge in [-0.2, -0.15) is 5.26 Å². The lowest BCUT2D eigenvalue weighted by molar-refractivity contribution is -0.118. The molecule has 6 nitrogen and oxygen atoms in total. The summed E-state index contributed by atoms with van der Waals surface area (Å²) in [6, 6.07) is 9.91. The molecule has 1 unspecified atom stereocenters. The summed E-state index contributed by atoms with van der Waals surface area (Å²) in [5.74, 6) is 0.245. The van der Waals surface area contributed by atoms with E-state index < -0.39 is 6.04 Å². The summed E-state index contributed by atoms with van der Waals surface area (Å²) in [4.78, 5) is 12.3. The third-order valence-electron chi connectivity index (χ3n) is 3.17. The molecule has 0 aliphatic rings. The van der Waals surface area contributed by atoms with E-state index in [0.29, 0.717) is 22.8 Å².